The second kappa shape index (κ2) is 3.51. The van der Waals surface area contributed by atoms with Crippen molar-refractivity contribution in [2.75, 3.05) is 0 Å². The summed E-state index contributed by atoms with van der Waals surface area (Å²) in [7, 11) is 0. The third kappa shape index (κ3) is 1.47. The molecule has 0 saturated heterocycles. The first-order chi connectivity index (χ1) is 7.74. The van der Waals surface area contributed by atoms with Gasteiger partial charge in [0, 0.05) is 18.7 Å². The number of aromatic nitrogens is 2. The Morgan fingerprint density at radius 1 is 1.44 bits per heavy atom. The largest absolute Gasteiger partial charge is 0.460 e. The van der Waals surface area contributed by atoms with E-state index in [-0.39, 0.29) is 0 Å². The van der Waals surface area contributed by atoms with Crippen molar-refractivity contribution in [2.45, 2.75) is 39.2 Å². The van der Waals surface area contributed by atoms with Gasteiger partial charge in [0.15, 0.2) is 5.76 Å². The van der Waals surface area contributed by atoms with Crippen molar-refractivity contribution < 1.29 is 4.42 Å². The van der Waals surface area contributed by atoms with Gasteiger partial charge in [0.25, 0.3) is 0 Å². The van der Waals surface area contributed by atoms with Gasteiger partial charge in [0.1, 0.15) is 17.3 Å². The molecule has 3 heterocycles. The second-order valence-electron chi connectivity index (χ2n) is 4.63. The number of nitrogens with zero attached hydrogens (tertiary/aromatic N) is 2. The van der Waals surface area contributed by atoms with Gasteiger partial charge < -0.3 is 8.98 Å². The number of hydrogen-bond donors (Lipinski definition) is 0. The topological polar surface area (TPSA) is 31.0 Å². The maximum Gasteiger partial charge on any atom is 0.154 e. The van der Waals surface area contributed by atoms with Crippen LogP contribution in [0.15, 0.2) is 22.7 Å². The molecular weight excluding hydrogens is 200 g/mol. The number of imidazole rings is 1. The summed E-state index contributed by atoms with van der Waals surface area (Å²) in [5, 5.41) is 0. The van der Waals surface area contributed by atoms with E-state index in [1.807, 2.05) is 19.1 Å². The molecule has 16 heavy (non-hydrogen) atoms. The van der Waals surface area contributed by atoms with Crippen LogP contribution in [0.5, 0.6) is 0 Å². The van der Waals surface area contributed by atoms with Crippen molar-refractivity contribution in [1.82, 2.24) is 9.55 Å². The maximum atomic E-state index is 5.61. The van der Waals surface area contributed by atoms with Gasteiger partial charge in [0.05, 0.1) is 0 Å². The smallest absolute Gasteiger partial charge is 0.154 e. The molecule has 0 radical (unpaired) electrons. The molecule has 3 heteroatoms. The van der Waals surface area contributed by atoms with Crippen LogP contribution in [-0.4, -0.2) is 9.55 Å². The molecule has 0 fully saturated rings. The molecule has 0 bridgehead atoms. The maximum absolute atomic E-state index is 5.61. The Labute approximate surface area is 95.1 Å². The van der Waals surface area contributed by atoms with Crippen LogP contribution in [0.2, 0.25) is 0 Å². The van der Waals surface area contributed by atoms with Crippen molar-refractivity contribution in [3.63, 3.8) is 0 Å². The first kappa shape index (κ1) is 9.70. The molecule has 0 N–H and O–H groups in total. The Morgan fingerprint density at radius 3 is 3.00 bits per heavy atom. The zero-order valence-electron chi connectivity index (χ0n) is 9.73. The summed E-state index contributed by atoms with van der Waals surface area (Å²) >= 11 is 0. The van der Waals surface area contributed by atoms with E-state index in [4.69, 9.17) is 4.42 Å². The van der Waals surface area contributed by atoms with E-state index in [2.05, 4.69) is 22.7 Å². The average Bonchev–Trinajstić information content (AvgIpc) is 2.84. The van der Waals surface area contributed by atoms with E-state index in [9.17, 15) is 0 Å². The van der Waals surface area contributed by atoms with Crippen molar-refractivity contribution in [3.8, 4) is 11.5 Å². The molecule has 3 rings (SSSR count). The number of rotatable bonds is 1. The summed E-state index contributed by atoms with van der Waals surface area (Å²) in [6.45, 7) is 5.30. The Balaban J connectivity index is 2.04. The second-order valence-corrected chi connectivity index (χ2v) is 4.63. The zero-order valence-corrected chi connectivity index (χ0v) is 9.73. The standard InChI is InChI=1S/C13H16N2O/c1-9-4-3-7-15-8-11(14-13(9)15)12-6-5-10(2)16-12/h5-6,8-9H,3-4,7H2,1-2H3/t9-/m1/s1. The van der Waals surface area contributed by atoms with Crippen LogP contribution in [-0.2, 0) is 6.54 Å². The Kier molecular flexibility index (Phi) is 2.13. The summed E-state index contributed by atoms with van der Waals surface area (Å²) in [6, 6.07) is 3.98. The van der Waals surface area contributed by atoms with Gasteiger partial charge in [-0.2, -0.15) is 0 Å². The van der Waals surface area contributed by atoms with Crippen LogP contribution < -0.4 is 0 Å². The monoisotopic (exact) mass is 216 g/mol. The lowest BCUT2D eigenvalue weighted by Gasteiger charge is -2.19. The zero-order chi connectivity index (χ0) is 11.1. The molecule has 0 unspecified atom stereocenters. The highest BCUT2D eigenvalue weighted by Gasteiger charge is 2.20. The fourth-order valence-corrected chi connectivity index (χ4v) is 2.39. The minimum Gasteiger partial charge on any atom is -0.460 e. The van der Waals surface area contributed by atoms with Gasteiger partial charge in [-0.1, -0.05) is 6.92 Å². The Bertz CT molecular complexity index is 510. The molecule has 3 nitrogen and oxygen atoms in total. The van der Waals surface area contributed by atoms with E-state index in [1.165, 1.54) is 18.7 Å². The summed E-state index contributed by atoms with van der Waals surface area (Å²) in [5.74, 6) is 3.59. The Morgan fingerprint density at radius 2 is 2.31 bits per heavy atom. The molecular formula is C13H16N2O. The summed E-state index contributed by atoms with van der Waals surface area (Å²) < 4.78 is 7.87. The van der Waals surface area contributed by atoms with Gasteiger partial charge in [-0.3, -0.25) is 0 Å². The number of hydrogen-bond acceptors (Lipinski definition) is 2. The van der Waals surface area contributed by atoms with Crippen LogP contribution >= 0.6 is 0 Å². The molecule has 0 aliphatic carbocycles. The minimum absolute atomic E-state index is 0.568. The molecule has 2 aromatic heterocycles. The van der Waals surface area contributed by atoms with Crippen LogP contribution in [0.1, 0.15) is 37.3 Å². The highest BCUT2D eigenvalue weighted by Crippen LogP contribution is 2.29. The van der Waals surface area contributed by atoms with Crippen molar-refractivity contribution in [3.05, 3.63) is 29.9 Å². The highest BCUT2D eigenvalue weighted by molar-refractivity contribution is 5.52. The third-order valence-corrected chi connectivity index (χ3v) is 3.28. The van der Waals surface area contributed by atoms with Gasteiger partial charge in [-0.05, 0) is 31.9 Å². The molecule has 2 aromatic rings. The lowest BCUT2D eigenvalue weighted by atomic mass is 10.0. The fraction of sp³-hybridized carbons (Fsp3) is 0.462. The third-order valence-electron chi connectivity index (χ3n) is 3.28. The predicted octanol–water partition coefficient (Wildman–Crippen LogP) is 3.35. The van der Waals surface area contributed by atoms with Crippen molar-refractivity contribution in [2.24, 2.45) is 0 Å². The van der Waals surface area contributed by atoms with Gasteiger partial charge in [0.2, 0.25) is 0 Å². The lowest BCUT2D eigenvalue weighted by molar-refractivity contribution is 0.463. The lowest BCUT2D eigenvalue weighted by Crippen LogP contribution is -2.12. The molecule has 1 aliphatic rings. The summed E-state index contributed by atoms with van der Waals surface area (Å²) in [5.41, 5.74) is 0.969. The number of aryl methyl sites for hydroxylation is 2. The van der Waals surface area contributed by atoms with Crippen LogP contribution in [0.3, 0.4) is 0 Å². The van der Waals surface area contributed by atoms with Crippen molar-refractivity contribution in [1.29, 1.82) is 0 Å². The quantitative estimate of drug-likeness (QED) is 0.732. The number of furan rings is 1. The molecule has 0 spiro atoms. The molecule has 1 aliphatic heterocycles. The fourth-order valence-electron chi connectivity index (χ4n) is 2.39. The SMILES string of the molecule is Cc1ccc(-c2cn3c(n2)[C@H](C)CCC3)o1. The first-order valence-corrected chi connectivity index (χ1v) is 5.88. The Hall–Kier alpha value is -1.51. The molecule has 0 aromatic carbocycles. The van der Waals surface area contributed by atoms with Crippen LogP contribution in [0, 0.1) is 6.92 Å². The van der Waals surface area contributed by atoms with Gasteiger partial charge in [-0.25, -0.2) is 4.98 Å². The van der Waals surface area contributed by atoms with E-state index < -0.39 is 0 Å². The minimum atomic E-state index is 0.568. The van der Waals surface area contributed by atoms with Crippen LogP contribution in [0.25, 0.3) is 11.5 Å². The average molecular weight is 216 g/mol. The predicted molar refractivity (Wildman–Crippen MR) is 62.3 cm³/mol. The van der Waals surface area contributed by atoms with Crippen LogP contribution in [0.4, 0.5) is 0 Å². The first-order valence-electron chi connectivity index (χ1n) is 5.88. The summed E-state index contributed by atoms with van der Waals surface area (Å²) in [6.07, 6.45) is 4.61. The van der Waals surface area contributed by atoms with E-state index >= 15 is 0 Å². The molecule has 84 valence electrons. The van der Waals surface area contributed by atoms with E-state index in [0.29, 0.717) is 5.92 Å². The van der Waals surface area contributed by atoms with Gasteiger partial charge >= 0.3 is 0 Å². The van der Waals surface area contributed by atoms with Crippen molar-refractivity contribution >= 4 is 0 Å². The van der Waals surface area contributed by atoms with E-state index in [1.54, 1.807) is 0 Å². The molecule has 1 atom stereocenters. The van der Waals surface area contributed by atoms with E-state index in [0.717, 1.165) is 23.8 Å². The normalized spacial score (nSPS) is 19.8. The highest BCUT2D eigenvalue weighted by atomic mass is 16.3. The number of fused-ring (bicyclic) bond motifs is 1. The molecule has 0 saturated carbocycles. The molecule has 0 amide bonds. The van der Waals surface area contributed by atoms with Gasteiger partial charge in [-0.15, -0.1) is 0 Å². The summed E-state index contributed by atoms with van der Waals surface area (Å²) in [4.78, 5) is 4.68.